The normalized spacial score (nSPS) is 13.0. The second-order valence-electron chi connectivity index (χ2n) is 15.8. The molecule has 0 saturated heterocycles. The molecular formula is C48H72S8. The van der Waals surface area contributed by atoms with E-state index in [0.29, 0.717) is 0 Å². The number of hydrogen-bond acceptors (Lipinski definition) is 8. The molecule has 4 aromatic heterocycles. The van der Waals surface area contributed by atoms with Crippen LogP contribution in [0.4, 0.5) is 0 Å². The fourth-order valence-corrected chi connectivity index (χ4v) is 21.2. The van der Waals surface area contributed by atoms with Gasteiger partial charge in [-0.15, -0.1) is 45.3 Å². The largest absolute Gasteiger partial charge is 0.121 e. The van der Waals surface area contributed by atoms with E-state index in [1.54, 1.807) is 78.2 Å². The van der Waals surface area contributed by atoms with Gasteiger partial charge in [0.2, 0.25) is 0 Å². The third-order valence-corrected chi connectivity index (χ3v) is 22.1. The Bertz CT molecular complexity index is 1390. The highest BCUT2D eigenvalue weighted by Gasteiger charge is 2.29. The van der Waals surface area contributed by atoms with Gasteiger partial charge in [0.1, 0.15) is 0 Å². The van der Waals surface area contributed by atoms with E-state index in [-0.39, 0.29) is 0 Å². The number of thiophene rings is 4. The standard InChI is InChI=1S/C48H72S8/c1-9-17-25-33-34(26-18-10-2)42-49-41(33)53-43-35(27-19-11-3)36(28-20-12-4)45(50-43)55-47-39(31-23-15-7)40(32-24-16-8)48(52-47)56-46-38(30-22-14-6)37(29-21-13-5)44(51-46)54-42/h9-32H2,1-8H3. The zero-order valence-corrected chi connectivity index (χ0v) is 42.8. The maximum atomic E-state index is 2.38. The Morgan fingerprint density at radius 2 is 0.339 bits per heavy atom. The molecule has 312 valence electrons. The fourth-order valence-electron chi connectivity index (χ4n) is 7.66. The van der Waals surface area contributed by atoms with E-state index in [4.69, 9.17) is 0 Å². The summed E-state index contributed by atoms with van der Waals surface area (Å²) in [4.78, 5) is 0. The van der Waals surface area contributed by atoms with Crippen LogP contribution in [0.15, 0.2) is 33.7 Å². The Balaban J connectivity index is 1.82. The highest BCUT2D eigenvalue weighted by atomic mass is 32.2. The minimum Gasteiger partial charge on any atom is -0.121 e. The van der Waals surface area contributed by atoms with Gasteiger partial charge in [0.15, 0.2) is 0 Å². The number of hydrogen-bond donors (Lipinski definition) is 0. The molecule has 0 aliphatic carbocycles. The quantitative estimate of drug-likeness (QED) is 0.0605. The van der Waals surface area contributed by atoms with Crippen molar-refractivity contribution in [1.82, 2.24) is 0 Å². The van der Waals surface area contributed by atoms with Crippen LogP contribution >= 0.6 is 92.4 Å². The summed E-state index contributed by atoms with van der Waals surface area (Å²) in [6.45, 7) is 19.1. The first-order chi connectivity index (χ1) is 27.5. The molecule has 0 fully saturated rings. The molecule has 1 aliphatic heterocycles. The van der Waals surface area contributed by atoms with Gasteiger partial charge in [-0.05, 0) is 147 Å². The highest BCUT2D eigenvalue weighted by molar-refractivity contribution is 8.07. The van der Waals surface area contributed by atoms with Gasteiger partial charge in [0.05, 0.1) is 33.7 Å². The van der Waals surface area contributed by atoms with Crippen LogP contribution in [0.2, 0.25) is 0 Å². The molecule has 0 saturated carbocycles. The first-order valence-corrected chi connectivity index (χ1v) is 29.3. The minimum absolute atomic E-state index is 1.23. The van der Waals surface area contributed by atoms with E-state index < -0.39 is 0 Å². The lowest BCUT2D eigenvalue weighted by Gasteiger charge is -2.11. The minimum atomic E-state index is 1.23. The average Bonchev–Trinajstić information content (AvgIpc) is 3.90. The van der Waals surface area contributed by atoms with E-state index in [0.717, 1.165) is 0 Å². The van der Waals surface area contributed by atoms with E-state index in [2.05, 4.69) is 148 Å². The molecule has 0 spiro atoms. The molecule has 1 aliphatic rings. The predicted molar refractivity (Wildman–Crippen MR) is 263 cm³/mol. The maximum absolute atomic E-state index is 2.38. The van der Waals surface area contributed by atoms with Gasteiger partial charge < -0.3 is 0 Å². The molecular weight excluding hydrogens is 833 g/mol. The van der Waals surface area contributed by atoms with E-state index in [9.17, 15) is 0 Å². The van der Waals surface area contributed by atoms with Gasteiger partial charge in [-0.1, -0.05) is 154 Å². The van der Waals surface area contributed by atoms with Gasteiger partial charge >= 0.3 is 0 Å². The lowest BCUT2D eigenvalue weighted by atomic mass is 10.0. The molecule has 0 nitrogen and oxygen atoms in total. The van der Waals surface area contributed by atoms with Crippen LogP contribution < -0.4 is 0 Å². The number of fused-ring (bicyclic) bond motifs is 8. The number of unbranched alkanes of at least 4 members (excludes halogenated alkanes) is 8. The van der Waals surface area contributed by atoms with Crippen LogP contribution in [0.5, 0.6) is 0 Å². The zero-order valence-electron chi connectivity index (χ0n) is 36.2. The number of rotatable bonds is 24. The highest BCUT2D eigenvalue weighted by Crippen LogP contribution is 2.57. The maximum Gasteiger partial charge on any atom is 0.0701 e. The molecule has 8 bridgehead atoms. The van der Waals surface area contributed by atoms with Crippen molar-refractivity contribution in [3.05, 3.63) is 44.5 Å². The van der Waals surface area contributed by atoms with Crippen LogP contribution in [0.1, 0.15) is 203 Å². The van der Waals surface area contributed by atoms with Crippen molar-refractivity contribution < 1.29 is 0 Å². The van der Waals surface area contributed by atoms with Crippen molar-refractivity contribution in [2.45, 2.75) is 243 Å². The Kier molecular flexibility index (Phi) is 21.3. The van der Waals surface area contributed by atoms with Gasteiger partial charge in [0, 0.05) is 0 Å². The molecule has 5 rings (SSSR count). The lowest BCUT2D eigenvalue weighted by Crippen LogP contribution is -1.96. The third-order valence-electron chi connectivity index (χ3n) is 11.2. The molecule has 0 unspecified atom stereocenters. The van der Waals surface area contributed by atoms with Crippen molar-refractivity contribution >= 4 is 92.4 Å². The van der Waals surface area contributed by atoms with Crippen molar-refractivity contribution in [3.63, 3.8) is 0 Å². The van der Waals surface area contributed by atoms with Crippen molar-refractivity contribution in [2.75, 3.05) is 0 Å². The molecule has 0 radical (unpaired) electrons. The Labute approximate surface area is 376 Å². The molecule has 5 heterocycles. The van der Waals surface area contributed by atoms with Gasteiger partial charge in [-0.25, -0.2) is 0 Å². The van der Waals surface area contributed by atoms with Crippen molar-refractivity contribution in [3.8, 4) is 0 Å². The SMILES string of the molecule is CCCCc1c2sc(c1CCCC)Sc1sc(c(CCCC)c1CCCC)Sc1sc(c(CCCC)c1CCCC)Sc1sc(c(CCCC)c1CCCC)S2. The predicted octanol–water partition coefficient (Wildman–Crippen LogP) is 19.6. The zero-order chi connectivity index (χ0) is 39.9. The summed E-state index contributed by atoms with van der Waals surface area (Å²) in [7, 11) is 0. The third kappa shape index (κ3) is 12.2. The summed E-state index contributed by atoms with van der Waals surface area (Å²) in [5.41, 5.74) is 13.7. The van der Waals surface area contributed by atoms with Crippen LogP contribution in [-0.4, -0.2) is 0 Å². The first-order valence-electron chi connectivity index (χ1n) is 22.8. The van der Waals surface area contributed by atoms with Crippen LogP contribution in [0.3, 0.4) is 0 Å². The second kappa shape index (κ2) is 25.2. The summed E-state index contributed by atoms with van der Waals surface area (Å²) >= 11 is 17.5. The van der Waals surface area contributed by atoms with Gasteiger partial charge in [-0.3, -0.25) is 0 Å². The summed E-state index contributed by atoms with van der Waals surface area (Å²) in [5, 5.41) is 0. The Morgan fingerprint density at radius 1 is 0.214 bits per heavy atom. The first kappa shape index (κ1) is 47.3. The smallest absolute Gasteiger partial charge is 0.0701 e. The van der Waals surface area contributed by atoms with E-state index >= 15 is 0 Å². The van der Waals surface area contributed by atoms with E-state index in [1.165, 1.54) is 154 Å². The summed E-state index contributed by atoms with van der Waals surface area (Å²) in [6, 6.07) is 0. The molecule has 8 heteroatoms. The summed E-state index contributed by atoms with van der Waals surface area (Å²) < 4.78 is 12.9. The molecule has 4 aromatic rings. The van der Waals surface area contributed by atoms with Crippen molar-refractivity contribution in [2.24, 2.45) is 0 Å². The van der Waals surface area contributed by atoms with Crippen molar-refractivity contribution in [1.29, 1.82) is 0 Å². The molecule has 0 atom stereocenters. The monoisotopic (exact) mass is 904 g/mol. The molecule has 0 N–H and O–H groups in total. The van der Waals surface area contributed by atoms with Gasteiger partial charge in [-0.2, -0.15) is 0 Å². The van der Waals surface area contributed by atoms with Gasteiger partial charge in [0.25, 0.3) is 0 Å². The van der Waals surface area contributed by atoms with Crippen LogP contribution in [0.25, 0.3) is 0 Å². The average molecular weight is 906 g/mol. The van der Waals surface area contributed by atoms with E-state index in [1.807, 2.05) is 0 Å². The van der Waals surface area contributed by atoms with Crippen LogP contribution in [0, 0.1) is 0 Å². The summed E-state index contributed by atoms with van der Waals surface area (Å²) in [5.74, 6) is 0. The molecule has 56 heavy (non-hydrogen) atoms. The topological polar surface area (TPSA) is 0 Å². The molecule has 0 amide bonds. The van der Waals surface area contributed by atoms with Crippen LogP contribution in [-0.2, 0) is 51.4 Å². The Morgan fingerprint density at radius 3 is 0.446 bits per heavy atom. The fraction of sp³-hybridized carbons (Fsp3) is 0.667. The second-order valence-corrected chi connectivity index (χ2v) is 26.0. The molecule has 0 aromatic carbocycles. The Hall–Kier alpha value is 0.200. The lowest BCUT2D eigenvalue weighted by molar-refractivity contribution is 0.747. The summed E-state index contributed by atoms with van der Waals surface area (Å²) in [6.07, 6.45) is 30.2.